The number of hydrogen-bond donors (Lipinski definition) is 1. The second-order valence-corrected chi connectivity index (χ2v) is 6.74. The smallest absolute Gasteiger partial charge is 0.350 e. The van der Waals surface area contributed by atoms with Crippen molar-refractivity contribution in [3.05, 3.63) is 64.5 Å². The third kappa shape index (κ3) is 3.72. The number of ether oxygens (including phenoxy) is 1. The molecule has 4 nitrogen and oxygen atoms in total. The molecule has 0 radical (unpaired) electrons. The summed E-state index contributed by atoms with van der Waals surface area (Å²) in [5.41, 5.74) is 2.71. The number of aryl methyl sites for hydroxylation is 1. The number of fused-ring (bicyclic) bond motifs is 1. The van der Waals surface area contributed by atoms with Gasteiger partial charge in [0.25, 0.3) is 0 Å². The topological polar surface area (TPSA) is 55.4 Å². The van der Waals surface area contributed by atoms with Gasteiger partial charge in [-0.1, -0.05) is 49.4 Å². The SMILES string of the molecule is CCc1ccc(CC(=O)Nc2c(C(=O)OC)sc3ccccc23)cc1. The Bertz CT molecular complexity index is 912. The fraction of sp³-hybridized carbons (Fsp3) is 0.200. The minimum absolute atomic E-state index is 0.155. The molecule has 0 saturated heterocycles. The lowest BCUT2D eigenvalue weighted by atomic mass is 10.1. The highest BCUT2D eigenvalue weighted by Crippen LogP contribution is 2.36. The Morgan fingerprint density at radius 3 is 2.40 bits per heavy atom. The molecular weight excluding hydrogens is 334 g/mol. The van der Waals surface area contributed by atoms with E-state index in [2.05, 4.69) is 12.2 Å². The molecule has 5 heteroatoms. The molecule has 25 heavy (non-hydrogen) atoms. The van der Waals surface area contributed by atoms with Gasteiger partial charge in [-0.3, -0.25) is 4.79 Å². The van der Waals surface area contributed by atoms with Crippen LogP contribution in [0, 0.1) is 0 Å². The molecule has 0 saturated carbocycles. The van der Waals surface area contributed by atoms with Crippen molar-refractivity contribution >= 4 is 39.0 Å². The predicted molar refractivity (Wildman–Crippen MR) is 101 cm³/mol. The number of methoxy groups -OCH3 is 1. The van der Waals surface area contributed by atoms with Crippen LogP contribution in [0.2, 0.25) is 0 Å². The maximum absolute atomic E-state index is 12.5. The Morgan fingerprint density at radius 2 is 1.72 bits per heavy atom. The van der Waals surface area contributed by atoms with E-state index in [4.69, 9.17) is 4.74 Å². The van der Waals surface area contributed by atoms with Crippen LogP contribution in [0.1, 0.15) is 27.7 Å². The maximum Gasteiger partial charge on any atom is 0.350 e. The molecule has 1 aromatic heterocycles. The first-order chi connectivity index (χ1) is 12.1. The molecule has 2 aromatic carbocycles. The average molecular weight is 353 g/mol. The van der Waals surface area contributed by atoms with Gasteiger partial charge in [0.2, 0.25) is 5.91 Å². The Balaban J connectivity index is 1.85. The van der Waals surface area contributed by atoms with Crippen LogP contribution in [0.25, 0.3) is 10.1 Å². The first-order valence-corrected chi connectivity index (χ1v) is 8.91. The van der Waals surface area contributed by atoms with E-state index >= 15 is 0 Å². The van der Waals surface area contributed by atoms with E-state index in [1.807, 2.05) is 48.5 Å². The summed E-state index contributed by atoms with van der Waals surface area (Å²) in [5.74, 6) is -0.596. The van der Waals surface area contributed by atoms with Crippen LogP contribution in [-0.4, -0.2) is 19.0 Å². The third-order valence-electron chi connectivity index (χ3n) is 4.03. The Labute approximate surface area is 150 Å². The standard InChI is InChI=1S/C20H19NO3S/c1-3-13-8-10-14(11-9-13)12-17(22)21-18-15-6-4-5-7-16(15)25-19(18)20(23)24-2/h4-11H,3,12H2,1-2H3,(H,21,22). The number of rotatable bonds is 5. The van der Waals surface area contributed by atoms with Crippen LogP contribution >= 0.6 is 11.3 Å². The van der Waals surface area contributed by atoms with Gasteiger partial charge in [-0.15, -0.1) is 11.3 Å². The zero-order valence-corrected chi connectivity index (χ0v) is 15.0. The minimum Gasteiger partial charge on any atom is -0.465 e. The van der Waals surface area contributed by atoms with Gasteiger partial charge in [0.15, 0.2) is 0 Å². The van der Waals surface area contributed by atoms with Crippen molar-refractivity contribution in [3.8, 4) is 0 Å². The average Bonchev–Trinajstić information content (AvgIpc) is 3.00. The van der Waals surface area contributed by atoms with E-state index in [0.29, 0.717) is 10.6 Å². The first kappa shape index (κ1) is 17.2. The summed E-state index contributed by atoms with van der Waals surface area (Å²) in [7, 11) is 1.34. The number of anilines is 1. The van der Waals surface area contributed by atoms with Crippen molar-refractivity contribution in [1.82, 2.24) is 0 Å². The van der Waals surface area contributed by atoms with Crippen molar-refractivity contribution in [1.29, 1.82) is 0 Å². The quantitative estimate of drug-likeness (QED) is 0.690. The van der Waals surface area contributed by atoms with Gasteiger partial charge < -0.3 is 10.1 Å². The molecule has 3 rings (SSSR count). The second kappa shape index (κ2) is 7.49. The number of nitrogens with one attached hydrogen (secondary N) is 1. The third-order valence-corrected chi connectivity index (χ3v) is 5.18. The molecule has 0 aliphatic heterocycles. The molecule has 3 aromatic rings. The van der Waals surface area contributed by atoms with E-state index in [1.165, 1.54) is 24.0 Å². The van der Waals surface area contributed by atoms with Gasteiger partial charge in [0.05, 0.1) is 19.2 Å². The number of carbonyl (C=O) groups is 2. The first-order valence-electron chi connectivity index (χ1n) is 8.10. The van der Waals surface area contributed by atoms with E-state index < -0.39 is 5.97 Å². The maximum atomic E-state index is 12.5. The molecule has 0 bridgehead atoms. The van der Waals surface area contributed by atoms with Gasteiger partial charge in [-0.2, -0.15) is 0 Å². The molecule has 0 fully saturated rings. The Hall–Kier alpha value is -2.66. The number of esters is 1. The predicted octanol–water partition coefficient (Wildman–Crippen LogP) is 4.43. The lowest BCUT2D eigenvalue weighted by Crippen LogP contribution is -2.16. The molecule has 1 N–H and O–H groups in total. The highest BCUT2D eigenvalue weighted by molar-refractivity contribution is 7.21. The summed E-state index contributed by atoms with van der Waals surface area (Å²) in [6.07, 6.45) is 1.23. The molecule has 1 amide bonds. The summed E-state index contributed by atoms with van der Waals surface area (Å²) >= 11 is 1.32. The molecule has 0 spiro atoms. The van der Waals surface area contributed by atoms with Gasteiger partial charge >= 0.3 is 5.97 Å². The molecule has 128 valence electrons. The lowest BCUT2D eigenvalue weighted by molar-refractivity contribution is -0.115. The molecule has 0 atom stereocenters. The van der Waals surface area contributed by atoms with Crippen LogP contribution < -0.4 is 5.32 Å². The Morgan fingerprint density at radius 1 is 1.04 bits per heavy atom. The number of carbonyl (C=O) groups excluding carboxylic acids is 2. The minimum atomic E-state index is -0.441. The summed E-state index contributed by atoms with van der Waals surface area (Å²) in [6, 6.07) is 15.6. The van der Waals surface area contributed by atoms with Crippen LogP contribution in [-0.2, 0) is 22.4 Å². The highest BCUT2D eigenvalue weighted by atomic mass is 32.1. The number of thiophene rings is 1. The zero-order valence-electron chi connectivity index (χ0n) is 14.2. The monoisotopic (exact) mass is 353 g/mol. The summed E-state index contributed by atoms with van der Waals surface area (Å²) in [4.78, 5) is 24.9. The zero-order chi connectivity index (χ0) is 17.8. The largest absolute Gasteiger partial charge is 0.465 e. The van der Waals surface area contributed by atoms with Crippen molar-refractivity contribution < 1.29 is 14.3 Å². The summed E-state index contributed by atoms with van der Waals surface area (Å²) < 4.78 is 5.79. The number of benzene rings is 2. The van der Waals surface area contributed by atoms with Crippen molar-refractivity contribution in [2.75, 3.05) is 12.4 Å². The number of amides is 1. The van der Waals surface area contributed by atoms with Crippen LogP contribution in [0.3, 0.4) is 0 Å². The molecule has 1 heterocycles. The Kier molecular flexibility index (Phi) is 5.14. The van der Waals surface area contributed by atoms with E-state index in [0.717, 1.165) is 22.1 Å². The van der Waals surface area contributed by atoms with Crippen LogP contribution in [0.15, 0.2) is 48.5 Å². The van der Waals surface area contributed by atoms with Crippen molar-refractivity contribution in [3.63, 3.8) is 0 Å². The highest BCUT2D eigenvalue weighted by Gasteiger charge is 2.20. The normalized spacial score (nSPS) is 10.6. The van der Waals surface area contributed by atoms with E-state index in [1.54, 1.807) is 0 Å². The van der Waals surface area contributed by atoms with Gasteiger partial charge in [-0.25, -0.2) is 4.79 Å². The number of hydrogen-bond acceptors (Lipinski definition) is 4. The summed E-state index contributed by atoms with van der Waals surface area (Å²) in [6.45, 7) is 2.09. The van der Waals surface area contributed by atoms with Crippen LogP contribution in [0.5, 0.6) is 0 Å². The molecule has 0 aliphatic carbocycles. The summed E-state index contributed by atoms with van der Waals surface area (Å²) in [5, 5.41) is 3.75. The van der Waals surface area contributed by atoms with Gasteiger partial charge in [0, 0.05) is 10.1 Å². The lowest BCUT2D eigenvalue weighted by Gasteiger charge is -2.07. The van der Waals surface area contributed by atoms with E-state index in [9.17, 15) is 9.59 Å². The molecule has 0 unspecified atom stereocenters. The molecule has 0 aliphatic rings. The fourth-order valence-electron chi connectivity index (χ4n) is 2.67. The van der Waals surface area contributed by atoms with Crippen molar-refractivity contribution in [2.45, 2.75) is 19.8 Å². The molecular formula is C20H19NO3S. The fourth-order valence-corrected chi connectivity index (χ4v) is 3.74. The second-order valence-electron chi connectivity index (χ2n) is 5.69. The van der Waals surface area contributed by atoms with Gasteiger partial charge in [-0.05, 0) is 23.6 Å². The van der Waals surface area contributed by atoms with Crippen molar-refractivity contribution in [2.24, 2.45) is 0 Å². The van der Waals surface area contributed by atoms with Crippen LogP contribution in [0.4, 0.5) is 5.69 Å². The van der Waals surface area contributed by atoms with E-state index in [-0.39, 0.29) is 12.3 Å². The van der Waals surface area contributed by atoms with Gasteiger partial charge in [0.1, 0.15) is 4.88 Å².